The molecule has 0 saturated heterocycles. The number of urea groups is 1. The molecule has 2 aromatic rings. The van der Waals surface area contributed by atoms with Gasteiger partial charge in [0.05, 0.1) is 26.0 Å². The minimum Gasteiger partial charge on any atom is -0.481 e. The van der Waals surface area contributed by atoms with Gasteiger partial charge in [-0.05, 0) is 28.9 Å². The van der Waals surface area contributed by atoms with Crippen molar-refractivity contribution in [1.29, 1.82) is 0 Å². The van der Waals surface area contributed by atoms with Crippen LogP contribution in [0.5, 0.6) is 11.8 Å². The van der Waals surface area contributed by atoms with Crippen molar-refractivity contribution < 1.29 is 41.3 Å². The van der Waals surface area contributed by atoms with E-state index < -0.39 is 41.6 Å². The number of carbonyl (C=O) groups is 2. The zero-order valence-electron chi connectivity index (χ0n) is 18.2. The number of anilines is 1. The maximum Gasteiger partial charge on any atom is 0.335 e. The van der Waals surface area contributed by atoms with Gasteiger partial charge in [-0.1, -0.05) is 0 Å². The Hall–Kier alpha value is -3.11. The summed E-state index contributed by atoms with van der Waals surface area (Å²) in [5, 5.41) is 2.18. The van der Waals surface area contributed by atoms with Crippen LogP contribution in [-0.4, -0.2) is 69.2 Å². The quantitative estimate of drug-likeness (QED) is 0.379. The largest absolute Gasteiger partial charge is 0.481 e. The number of pyridine rings is 1. The van der Waals surface area contributed by atoms with E-state index in [0.29, 0.717) is 0 Å². The molecule has 0 radical (unpaired) electrons. The van der Waals surface area contributed by atoms with E-state index in [9.17, 15) is 22.4 Å². The van der Waals surface area contributed by atoms with Crippen molar-refractivity contribution in [1.82, 2.24) is 19.7 Å². The van der Waals surface area contributed by atoms with Crippen molar-refractivity contribution in [2.24, 2.45) is 0 Å². The lowest BCUT2D eigenvalue weighted by Gasteiger charge is -2.16. The third-order valence-electron chi connectivity index (χ3n) is 3.86. The molecule has 0 aliphatic rings. The van der Waals surface area contributed by atoms with E-state index in [1.807, 2.05) is 4.72 Å². The minimum absolute atomic E-state index is 0.000634. The second-order valence-electron chi connectivity index (χ2n) is 6.37. The van der Waals surface area contributed by atoms with E-state index in [0.717, 1.165) is 0 Å². The van der Waals surface area contributed by atoms with Crippen molar-refractivity contribution in [3.8, 4) is 11.8 Å². The van der Waals surface area contributed by atoms with Crippen molar-refractivity contribution in [3.63, 3.8) is 0 Å². The SMILES string of the molecule is COc1cc(OC)nc(NC(=O)NS(=O)(=O)c2c(Br)ccnc2CC(C)OC(=O)COCF)n1. The third kappa shape index (κ3) is 7.74. The molecule has 186 valence electrons. The molecule has 0 aliphatic heterocycles. The Morgan fingerprint density at radius 2 is 1.85 bits per heavy atom. The summed E-state index contributed by atoms with van der Waals surface area (Å²) in [4.78, 5) is 35.4. The summed E-state index contributed by atoms with van der Waals surface area (Å²) in [6.45, 7) is -0.267. The lowest BCUT2D eigenvalue weighted by Crippen LogP contribution is -2.36. The van der Waals surface area contributed by atoms with Gasteiger partial charge >= 0.3 is 12.0 Å². The molecule has 1 atom stereocenters. The first kappa shape index (κ1) is 27.1. The number of nitrogens with one attached hydrogen (secondary N) is 2. The molecule has 2 N–H and O–H groups in total. The Balaban J connectivity index is 2.19. The molecular weight excluding hydrogens is 545 g/mol. The second kappa shape index (κ2) is 12.4. The number of alkyl halides is 1. The molecule has 2 aromatic heterocycles. The second-order valence-corrected chi connectivity index (χ2v) is 8.84. The van der Waals surface area contributed by atoms with Crippen molar-refractivity contribution in [2.75, 3.05) is 33.0 Å². The van der Waals surface area contributed by atoms with E-state index in [-0.39, 0.29) is 39.2 Å². The van der Waals surface area contributed by atoms with E-state index in [2.05, 4.69) is 40.9 Å². The normalized spacial score (nSPS) is 11.9. The van der Waals surface area contributed by atoms with Gasteiger partial charge in [-0.3, -0.25) is 10.3 Å². The highest BCUT2D eigenvalue weighted by Crippen LogP contribution is 2.26. The van der Waals surface area contributed by atoms with E-state index in [1.54, 1.807) is 0 Å². The molecule has 34 heavy (non-hydrogen) atoms. The van der Waals surface area contributed by atoms with Crippen LogP contribution in [-0.2, 0) is 30.7 Å². The Labute approximate surface area is 202 Å². The Kier molecular flexibility index (Phi) is 9.88. The number of carbonyl (C=O) groups excluding carboxylic acids is 2. The number of amides is 2. The summed E-state index contributed by atoms with van der Waals surface area (Å²) >= 11 is 3.13. The number of hydrogen-bond acceptors (Lipinski definition) is 11. The average Bonchev–Trinajstić information content (AvgIpc) is 2.76. The van der Waals surface area contributed by atoms with Crippen LogP contribution in [0.25, 0.3) is 0 Å². The highest BCUT2D eigenvalue weighted by Gasteiger charge is 2.27. The maximum atomic E-state index is 13.0. The van der Waals surface area contributed by atoms with E-state index >= 15 is 0 Å². The number of sulfonamides is 1. The summed E-state index contributed by atoms with van der Waals surface area (Å²) in [7, 11) is -1.79. The first-order valence-electron chi connectivity index (χ1n) is 9.37. The lowest BCUT2D eigenvalue weighted by atomic mass is 10.2. The molecule has 13 nitrogen and oxygen atoms in total. The number of halogens is 2. The zero-order valence-corrected chi connectivity index (χ0v) is 20.6. The van der Waals surface area contributed by atoms with Crippen LogP contribution in [0, 0.1) is 0 Å². The first-order valence-corrected chi connectivity index (χ1v) is 11.6. The van der Waals surface area contributed by atoms with Gasteiger partial charge in [-0.2, -0.15) is 9.97 Å². The summed E-state index contributed by atoms with van der Waals surface area (Å²) in [5.74, 6) is -0.966. The number of ether oxygens (including phenoxy) is 4. The molecule has 2 heterocycles. The topological polar surface area (TPSA) is 168 Å². The molecule has 0 bridgehead atoms. The molecule has 0 aliphatic carbocycles. The van der Waals surface area contributed by atoms with Crippen LogP contribution in [0.4, 0.5) is 15.1 Å². The Morgan fingerprint density at radius 3 is 2.44 bits per heavy atom. The predicted molar refractivity (Wildman–Crippen MR) is 118 cm³/mol. The summed E-state index contributed by atoms with van der Waals surface area (Å²) in [5.41, 5.74) is 0.000634. The Bertz CT molecular complexity index is 1120. The summed E-state index contributed by atoms with van der Waals surface area (Å²) in [6.07, 6.45) is 0.364. The number of methoxy groups -OCH3 is 2. The fourth-order valence-electron chi connectivity index (χ4n) is 2.56. The number of aromatic nitrogens is 3. The highest BCUT2D eigenvalue weighted by molar-refractivity contribution is 9.10. The standard InChI is InChI=1S/C18H21BrFN5O8S/c1-10(33-15(26)8-32-9-20)6-12-16(11(19)4-5-21-12)34(28,29)25-18(27)24-17-22-13(30-2)7-14(23-17)31-3/h4-5,7,10H,6,8-9H2,1-3H3,(H2,22,23,24,25,27). The fraction of sp³-hybridized carbons (Fsp3) is 0.389. The smallest absolute Gasteiger partial charge is 0.335 e. The summed E-state index contributed by atoms with van der Waals surface area (Å²) in [6, 6.07) is 1.55. The van der Waals surface area contributed by atoms with Crippen molar-refractivity contribution in [2.45, 2.75) is 24.3 Å². The van der Waals surface area contributed by atoms with Gasteiger partial charge in [-0.25, -0.2) is 27.1 Å². The van der Waals surface area contributed by atoms with E-state index in [1.165, 1.54) is 39.5 Å². The van der Waals surface area contributed by atoms with Gasteiger partial charge in [0.2, 0.25) is 17.7 Å². The fourth-order valence-corrected chi connectivity index (χ4v) is 4.71. The van der Waals surface area contributed by atoms with E-state index in [4.69, 9.17) is 14.2 Å². The maximum absolute atomic E-state index is 13.0. The monoisotopic (exact) mass is 565 g/mol. The molecule has 0 aromatic carbocycles. The first-order chi connectivity index (χ1) is 16.1. The van der Waals surface area contributed by atoms with Gasteiger partial charge in [0.1, 0.15) is 17.6 Å². The number of rotatable bonds is 11. The number of nitrogens with zero attached hydrogens (tertiary/aromatic N) is 3. The van der Waals surface area contributed by atoms with Crippen LogP contribution in [0.1, 0.15) is 12.6 Å². The van der Waals surface area contributed by atoms with Gasteiger partial charge in [0, 0.05) is 17.1 Å². The third-order valence-corrected chi connectivity index (χ3v) is 6.23. The minimum atomic E-state index is -4.46. The van der Waals surface area contributed by atoms with Crippen molar-refractivity contribution >= 4 is 43.9 Å². The molecule has 0 spiro atoms. The van der Waals surface area contributed by atoms with Crippen LogP contribution in [0.3, 0.4) is 0 Å². The van der Waals surface area contributed by atoms with Crippen LogP contribution in [0.2, 0.25) is 0 Å². The predicted octanol–water partition coefficient (Wildman–Crippen LogP) is 1.58. The zero-order chi connectivity index (χ0) is 25.3. The van der Waals surface area contributed by atoms with Gasteiger partial charge in [0.15, 0.2) is 6.86 Å². The number of hydrogen-bond donors (Lipinski definition) is 2. The number of esters is 1. The summed E-state index contributed by atoms with van der Waals surface area (Å²) < 4.78 is 59.2. The Morgan fingerprint density at radius 1 is 1.21 bits per heavy atom. The van der Waals surface area contributed by atoms with Gasteiger partial charge in [0.25, 0.3) is 10.0 Å². The van der Waals surface area contributed by atoms with Crippen LogP contribution < -0.4 is 19.5 Å². The average molecular weight is 566 g/mol. The molecule has 16 heteroatoms. The van der Waals surface area contributed by atoms with Gasteiger partial charge in [-0.15, -0.1) is 0 Å². The molecule has 1 unspecified atom stereocenters. The lowest BCUT2D eigenvalue weighted by molar-refractivity contribution is -0.155. The molecule has 0 saturated carbocycles. The van der Waals surface area contributed by atoms with Crippen LogP contribution in [0.15, 0.2) is 27.7 Å². The molecule has 2 amide bonds. The van der Waals surface area contributed by atoms with Gasteiger partial charge < -0.3 is 18.9 Å². The molecule has 0 fully saturated rings. The van der Waals surface area contributed by atoms with Crippen LogP contribution >= 0.6 is 15.9 Å². The van der Waals surface area contributed by atoms with Crippen molar-refractivity contribution in [3.05, 3.63) is 28.5 Å². The molecule has 2 rings (SSSR count). The highest BCUT2D eigenvalue weighted by atomic mass is 79.9. The molecular formula is C18H21BrFN5O8S.